The van der Waals surface area contributed by atoms with Gasteiger partial charge in [0.15, 0.2) is 24.8 Å². The van der Waals surface area contributed by atoms with Crippen molar-refractivity contribution in [3.8, 4) is 134 Å². The normalized spacial score (nSPS) is 12.2. The van der Waals surface area contributed by atoms with Gasteiger partial charge in [0.2, 0.25) is 22.8 Å². The first-order chi connectivity index (χ1) is 59.1. The van der Waals surface area contributed by atoms with Crippen molar-refractivity contribution in [2.75, 3.05) is 0 Å². The van der Waals surface area contributed by atoms with Crippen LogP contribution in [0.1, 0.15) is 149 Å². The van der Waals surface area contributed by atoms with E-state index in [1.165, 1.54) is 262 Å². The summed E-state index contributed by atoms with van der Waals surface area (Å²) in [5.74, 6) is 0. The summed E-state index contributed by atoms with van der Waals surface area (Å²) in [5, 5.41) is 0. The number of fused-ring (bicyclic) bond motifs is 12. The minimum atomic E-state index is 0.204. The van der Waals surface area contributed by atoms with Gasteiger partial charge in [-0.2, -0.15) is 0 Å². The summed E-state index contributed by atoms with van der Waals surface area (Å²) in [6.45, 7) is 38.2. The number of rotatable bonds is 9. The molecule has 4 aliphatic rings. The van der Waals surface area contributed by atoms with Crippen LogP contribution in [0.25, 0.3) is 134 Å². The van der Waals surface area contributed by atoms with Crippen LogP contribution in [0.2, 0.25) is 0 Å². The number of aromatic nitrogens is 4. The van der Waals surface area contributed by atoms with Gasteiger partial charge in [0.25, 0.3) is 0 Å². The van der Waals surface area contributed by atoms with Crippen molar-refractivity contribution >= 4 is 0 Å². The third kappa shape index (κ3) is 15.4. The maximum Gasteiger partial charge on any atom is 0.213 e. The number of nitrogens with zero attached hydrogens (tertiary/aromatic N) is 4. The lowest BCUT2D eigenvalue weighted by Crippen LogP contribution is -2.32. The molecule has 4 heterocycles. The summed E-state index contributed by atoms with van der Waals surface area (Å²) in [4.78, 5) is 0. The summed E-state index contributed by atoms with van der Waals surface area (Å²) in [7, 11) is 8.74. The molecule has 0 spiro atoms. The Morgan fingerprint density at radius 2 is 0.520 bits per heavy atom. The predicted molar refractivity (Wildman–Crippen MR) is 516 cm³/mol. The topological polar surface area (TPSA) is 15.5 Å². The van der Waals surface area contributed by atoms with Gasteiger partial charge in [-0.3, -0.25) is 0 Å². The largest absolute Gasteiger partial charge is 0.213 e. The summed E-state index contributed by atoms with van der Waals surface area (Å²) in [6.07, 6.45) is 14.3. The lowest BCUT2D eigenvalue weighted by molar-refractivity contribution is -0.660. The maximum atomic E-state index is 2.48. The van der Waals surface area contributed by atoms with Crippen molar-refractivity contribution in [3.05, 3.63) is 401 Å². The van der Waals surface area contributed by atoms with Crippen LogP contribution in [0.5, 0.6) is 0 Å². The first kappa shape index (κ1) is 82.5. The molecule has 0 N–H and O–H groups in total. The van der Waals surface area contributed by atoms with Crippen molar-refractivity contribution in [1.82, 2.24) is 0 Å². The zero-order valence-electron chi connectivity index (χ0n) is 76.3. The predicted octanol–water partition coefficient (Wildman–Crippen LogP) is 27.6. The number of pyridine rings is 4. The number of aryl methyl sites for hydroxylation is 18. The van der Waals surface area contributed by atoms with E-state index in [1.807, 2.05) is 0 Å². The highest BCUT2D eigenvalue weighted by atomic mass is 14.9. The number of benzene rings is 12. The highest BCUT2D eigenvalue weighted by Crippen LogP contribution is 2.50. The second kappa shape index (κ2) is 33.2. The van der Waals surface area contributed by atoms with E-state index in [0.717, 1.165) is 32.1 Å². The molecule has 4 aliphatic carbocycles. The summed E-state index contributed by atoms with van der Waals surface area (Å²) in [5.41, 5.74) is 64.7. The molecule has 4 aromatic heterocycles. The molecular formula is C119H118N4+4. The Hall–Kier alpha value is -12.8. The van der Waals surface area contributed by atoms with Crippen molar-refractivity contribution in [3.63, 3.8) is 0 Å². The first-order valence-corrected chi connectivity index (χ1v) is 44.2. The molecule has 0 amide bonds. The van der Waals surface area contributed by atoms with Crippen LogP contribution >= 0.6 is 0 Å². The fraction of sp³-hybridized carbons (Fsp3) is 0.227. The first-order valence-electron chi connectivity index (χ1n) is 44.2. The average molecular weight is 1600 g/mol. The van der Waals surface area contributed by atoms with Crippen LogP contribution < -0.4 is 18.3 Å². The van der Waals surface area contributed by atoms with Gasteiger partial charge in [-0.1, -0.05) is 245 Å². The minimum Gasteiger partial charge on any atom is -0.201 e. The van der Waals surface area contributed by atoms with E-state index in [1.54, 1.807) is 0 Å². The minimum absolute atomic E-state index is 0.204. The third-order valence-corrected chi connectivity index (χ3v) is 27.0. The van der Waals surface area contributed by atoms with Crippen LogP contribution in [-0.2, 0) is 60.3 Å². The Kier molecular flexibility index (Phi) is 22.3. The van der Waals surface area contributed by atoms with Gasteiger partial charge in [-0.05, 0) is 329 Å². The molecule has 4 heteroatoms. The van der Waals surface area contributed by atoms with Crippen LogP contribution in [-0.4, -0.2) is 0 Å². The highest BCUT2D eigenvalue weighted by molar-refractivity contribution is 5.92. The zero-order chi connectivity index (χ0) is 86.3. The molecule has 12 aromatic carbocycles. The monoisotopic (exact) mass is 1600 g/mol. The van der Waals surface area contributed by atoms with E-state index in [2.05, 4.69) is 438 Å². The second-order valence-corrected chi connectivity index (χ2v) is 37.1. The van der Waals surface area contributed by atoms with Gasteiger partial charge >= 0.3 is 0 Å². The smallest absolute Gasteiger partial charge is 0.201 e. The molecule has 16 aromatic rings. The quantitative estimate of drug-likeness (QED) is 0.128. The van der Waals surface area contributed by atoms with Gasteiger partial charge in [-0.15, -0.1) is 0 Å². The van der Waals surface area contributed by atoms with Crippen molar-refractivity contribution in [2.45, 2.75) is 150 Å². The standard InChI is InChI=1S/C33H36N.2C29H28N.C28H26N/c1-21-11-8-9-13-25(21)30-20-34(7)31(17-24(30)19-33(4,5)6)32-23(3)15-16-27-26-14-10-12-22(2)28(26)18-29(27)32;1-18-10-6-8-12-23(18)25-16-27(30(5)17-21(25)4)29-20(3)14-19(2)28-24-13-9-7-11-22(24)15-26(28)29;1-18-9-6-7-12-23(18)25-16-27(30(5)17-21(25)4)29-20(3)13-14-24-26(29)15-22-11-8-10-19(2)28(22)24;1-18-9-5-7-11-22(18)25-16-27(29(4)17-20(25)3)28-19(2)13-14-24-23-12-8-6-10-21(23)15-26(24)28/h8-17,20H,18-19H2,1-7H3;2*6-14,16-17H,15H2,1-5H3;5-14,16-17H,15H2,1-4H3/q4*+1. The Morgan fingerprint density at radius 1 is 0.203 bits per heavy atom. The Morgan fingerprint density at radius 3 is 1.01 bits per heavy atom. The molecule has 0 radical (unpaired) electrons. The fourth-order valence-corrected chi connectivity index (χ4v) is 21.0. The lowest BCUT2D eigenvalue weighted by atomic mass is 9.83. The van der Waals surface area contributed by atoms with E-state index in [0.29, 0.717) is 0 Å². The third-order valence-electron chi connectivity index (χ3n) is 27.0. The zero-order valence-corrected chi connectivity index (χ0v) is 76.3. The fourth-order valence-electron chi connectivity index (χ4n) is 21.0. The molecule has 0 unspecified atom stereocenters. The molecule has 0 saturated carbocycles. The van der Waals surface area contributed by atoms with E-state index >= 15 is 0 Å². The van der Waals surface area contributed by atoms with Crippen LogP contribution in [0, 0.1) is 102 Å². The number of hydrogen-bond acceptors (Lipinski definition) is 0. The Labute approximate surface area is 732 Å². The van der Waals surface area contributed by atoms with Crippen molar-refractivity contribution in [1.29, 1.82) is 0 Å². The lowest BCUT2D eigenvalue weighted by Gasteiger charge is -2.22. The summed E-state index contributed by atoms with van der Waals surface area (Å²) < 4.78 is 9.25. The van der Waals surface area contributed by atoms with E-state index in [9.17, 15) is 0 Å². The second-order valence-electron chi connectivity index (χ2n) is 37.1. The molecule has 0 aliphatic heterocycles. The van der Waals surface area contributed by atoms with Crippen LogP contribution in [0.4, 0.5) is 0 Å². The molecule has 4 nitrogen and oxygen atoms in total. The molecule has 610 valence electrons. The van der Waals surface area contributed by atoms with Crippen molar-refractivity contribution < 1.29 is 18.3 Å². The Balaban J connectivity index is 0.000000117. The van der Waals surface area contributed by atoms with E-state index in [-0.39, 0.29) is 5.41 Å². The van der Waals surface area contributed by atoms with Gasteiger partial charge < -0.3 is 0 Å². The summed E-state index contributed by atoms with van der Waals surface area (Å²) in [6, 6.07) is 91.9. The van der Waals surface area contributed by atoms with Gasteiger partial charge in [0, 0.05) is 46.5 Å². The summed E-state index contributed by atoms with van der Waals surface area (Å²) >= 11 is 0. The molecule has 0 atom stereocenters. The van der Waals surface area contributed by atoms with Gasteiger partial charge in [0.1, 0.15) is 28.2 Å². The van der Waals surface area contributed by atoms with Crippen molar-refractivity contribution in [2.24, 2.45) is 33.6 Å². The molecular weight excluding hydrogens is 1490 g/mol. The van der Waals surface area contributed by atoms with Gasteiger partial charge in [-0.25, -0.2) is 18.3 Å². The highest BCUT2D eigenvalue weighted by Gasteiger charge is 2.35. The van der Waals surface area contributed by atoms with Crippen LogP contribution in [0.3, 0.4) is 0 Å². The van der Waals surface area contributed by atoms with E-state index in [4.69, 9.17) is 0 Å². The maximum absolute atomic E-state index is 2.48. The average Bonchev–Trinajstić information content (AvgIpc) is 1.65. The number of hydrogen-bond donors (Lipinski definition) is 0. The van der Waals surface area contributed by atoms with Crippen LogP contribution in [0.15, 0.2) is 274 Å². The Bertz CT molecular complexity index is 6960. The molecule has 0 saturated heterocycles. The molecule has 20 rings (SSSR count). The molecule has 123 heavy (non-hydrogen) atoms. The SMILES string of the molecule is Cc1ccccc1-c1c[n+](C)c(-c2c(C)ccc3c2Cc2c(C)cccc2-3)cc1CC(C)(C)C.Cc1ccccc1-c1cc(-c2c(C)cc(C)c3c2Cc2ccccc2-3)[n+](C)cc1C.Cc1ccccc1-c1cc(-c2c(C)ccc3c2Cc2cccc(C)c2-3)[n+](C)cc1C.Cc1ccccc1-c1cc(-c2c(C)ccc3c2Cc2ccccc2-3)[n+](C)cc1C. The molecule has 0 fully saturated rings. The van der Waals surface area contributed by atoms with E-state index < -0.39 is 0 Å². The molecule has 0 bridgehead atoms. The van der Waals surface area contributed by atoms with Gasteiger partial charge in [0.05, 0.1) is 22.3 Å².